The van der Waals surface area contributed by atoms with E-state index in [1.165, 1.54) is 18.2 Å². The second-order valence-electron chi connectivity index (χ2n) is 7.65. The van der Waals surface area contributed by atoms with Crippen molar-refractivity contribution < 1.29 is 14.4 Å². The lowest BCUT2D eigenvalue weighted by Crippen LogP contribution is -2.36. The van der Waals surface area contributed by atoms with Gasteiger partial charge in [-0.05, 0) is 44.9 Å². The van der Waals surface area contributed by atoms with Crippen molar-refractivity contribution in [2.45, 2.75) is 63.7 Å². The summed E-state index contributed by atoms with van der Waals surface area (Å²) in [5, 5.41) is 6.08. The molecule has 1 heterocycles. The molecule has 3 rings (SSSR count). The predicted molar refractivity (Wildman–Crippen MR) is 121 cm³/mol. The second-order valence-corrected chi connectivity index (χ2v) is 8.82. The van der Waals surface area contributed by atoms with Crippen molar-refractivity contribution in [3.8, 4) is 0 Å². The monoisotopic (exact) mass is 430 g/mol. The fourth-order valence-electron chi connectivity index (χ4n) is 3.77. The largest absolute Gasteiger partial charge is 0.352 e. The number of carbonyl (C=O) groups is 3. The molecule has 30 heavy (non-hydrogen) atoms. The van der Waals surface area contributed by atoms with Crippen LogP contribution in [0.15, 0.2) is 29.3 Å². The number of carbonyl (C=O) groups excluding carboxylic acids is 3. The van der Waals surface area contributed by atoms with Crippen molar-refractivity contribution in [2.75, 3.05) is 18.4 Å². The Labute approximate surface area is 182 Å². The molecule has 1 aromatic carbocycles. The summed E-state index contributed by atoms with van der Waals surface area (Å²) in [5.41, 5.74) is 1.08. The summed E-state index contributed by atoms with van der Waals surface area (Å²) in [4.78, 5) is 43.3. The van der Waals surface area contributed by atoms with Crippen LogP contribution < -0.4 is 10.6 Å². The molecular formula is C22H30N4O3S. The fraction of sp³-hybridized carbons (Fsp3) is 0.545. The van der Waals surface area contributed by atoms with Gasteiger partial charge in [0, 0.05) is 36.8 Å². The van der Waals surface area contributed by atoms with Gasteiger partial charge in [0.05, 0.1) is 0 Å². The molecule has 0 bridgehead atoms. The van der Waals surface area contributed by atoms with Gasteiger partial charge in [-0.15, -0.1) is 0 Å². The summed E-state index contributed by atoms with van der Waals surface area (Å²) >= 11 is 1.34. The van der Waals surface area contributed by atoms with Crippen LogP contribution in [0.3, 0.4) is 0 Å². The van der Waals surface area contributed by atoms with Gasteiger partial charge in [-0.3, -0.25) is 14.4 Å². The Balaban J connectivity index is 1.54. The molecule has 2 aliphatic rings. The number of hydrogen-bond acceptors (Lipinski definition) is 5. The lowest BCUT2D eigenvalue weighted by Gasteiger charge is -2.22. The van der Waals surface area contributed by atoms with Gasteiger partial charge in [0.25, 0.3) is 11.8 Å². The van der Waals surface area contributed by atoms with Crippen molar-refractivity contribution in [3.05, 3.63) is 29.8 Å². The van der Waals surface area contributed by atoms with Gasteiger partial charge < -0.3 is 15.5 Å². The molecule has 7 nitrogen and oxygen atoms in total. The normalized spacial score (nSPS) is 19.3. The SMILES string of the molecule is CCN(CC)C1=NC(=O)[C@H](CC(=O)Nc2cccc(C(=O)NC3CCCCC3)c2)S1. The Hall–Kier alpha value is -2.35. The molecule has 0 unspecified atom stereocenters. The van der Waals surface area contributed by atoms with E-state index in [1.807, 2.05) is 18.7 Å². The van der Waals surface area contributed by atoms with E-state index < -0.39 is 5.25 Å². The first kappa shape index (κ1) is 22.3. The number of amidine groups is 1. The molecule has 3 amide bonds. The lowest BCUT2D eigenvalue weighted by atomic mass is 9.95. The number of aliphatic imine (C=N–C) groups is 1. The molecule has 0 radical (unpaired) electrons. The van der Waals surface area contributed by atoms with Crippen molar-refractivity contribution in [2.24, 2.45) is 4.99 Å². The Morgan fingerprint density at radius 2 is 1.90 bits per heavy atom. The summed E-state index contributed by atoms with van der Waals surface area (Å²) in [5.74, 6) is -0.642. The number of amides is 3. The average Bonchev–Trinajstić information content (AvgIpc) is 3.09. The van der Waals surface area contributed by atoms with Crippen LogP contribution in [0.2, 0.25) is 0 Å². The maximum atomic E-state index is 12.5. The smallest absolute Gasteiger partial charge is 0.262 e. The van der Waals surface area contributed by atoms with Crippen molar-refractivity contribution in [1.82, 2.24) is 10.2 Å². The molecular weight excluding hydrogens is 400 g/mol. The maximum Gasteiger partial charge on any atom is 0.262 e. The average molecular weight is 431 g/mol. The molecule has 1 atom stereocenters. The lowest BCUT2D eigenvalue weighted by molar-refractivity contribution is -0.121. The summed E-state index contributed by atoms with van der Waals surface area (Å²) < 4.78 is 0. The van der Waals surface area contributed by atoms with E-state index in [4.69, 9.17) is 0 Å². The van der Waals surface area contributed by atoms with Crippen LogP contribution in [0.5, 0.6) is 0 Å². The van der Waals surface area contributed by atoms with E-state index in [0.29, 0.717) is 16.4 Å². The van der Waals surface area contributed by atoms with Gasteiger partial charge >= 0.3 is 0 Å². The molecule has 1 saturated carbocycles. The first-order valence-corrected chi connectivity index (χ1v) is 11.6. The zero-order valence-corrected chi connectivity index (χ0v) is 18.5. The number of rotatable bonds is 7. The highest BCUT2D eigenvalue weighted by atomic mass is 32.2. The Morgan fingerprint density at radius 1 is 1.17 bits per heavy atom. The topological polar surface area (TPSA) is 90.9 Å². The summed E-state index contributed by atoms with van der Waals surface area (Å²) in [6, 6.07) is 7.15. The summed E-state index contributed by atoms with van der Waals surface area (Å²) in [6.45, 7) is 5.55. The van der Waals surface area contributed by atoms with Crippen molar-refractivity contribution >= 4 is 40.3 Å². The third-order valence-corrected chi connectivity index (χ3v) is 6.70. The standard InChI is InChI=1S/C22H30N4O3S/c1-3-26(4-2)22-25-21(29)18(30-22)14-19(27)23-17-12-8-9-15(13-17)20(28)24-16-10-6-5-7-11-16/h8-9,12-13,16,18H,3-7,10-11,14H2,1-2H3,(H,23,27)(H,24,28)/t18-/m0/s1. The van der Waals surface area contributed by atoms with Crippen molar-refractivity contribution in [1.29, 1.82) is 0 Å². The first-order chi connectivity index (χ1) is 14.5. The van der Waals surface area contributed by atoms with Crippen LogP contribution >= 0.6 is 11.8 Å². The third kappa shape index (κ3) is 5.84. The highest BCUT2D eigenvalue weighted by Gasteiger charge is 2.32. The zero-order chi connectivity index (χ0) is 21.5. The van der Waals surface area contributed by atoms with Crippen LogP contribution in [0, 0.1) is 0 Å². The number of hydrogen-bond donors (Lipinski definition) is 2. The van der Waals surface area contributed by atoms with E-state index in [2.05, 4.69) is 15.6 Å². The van der Waals surface area contributed by atoms with E-state index in [1.54, 1.807) is 24.3 Å². The minimum atomic E-state index is -0.501. The molecule has 2 N–H and O–H groups in total. The highest BCUT2D eigenvalue weighted by molar-refractivity contribution is 8.15. The van der Waals surface area contributed by atoms with Gasteiger partial charge in [0.1, 0.15) is 5.25 Å². The molecule has 1 aliphatic carbocycles. The van der Waals surface area contributed by atoms with Crippen LogP contribution in [-0.4, -0.2) is 52.2 Å². The molecule has 0 spiro atoms. The minimum Gasteiger partial charge on any atom is -0.352 e. The Kier molecular flexibility index (Phi) is 7.90. The Morgan fingerprint density at radius 3 is 2.60 bits per heavy atom. The molecule has 0 saturated heterocycles. The number of nitrogens with zero attached hydrogens (tertiary/aromatic N) is 2. The minimum absolute atomic E-state index is 0.0519. The van der Waals surface area contributed by atoms with Crippen LogP contribution in [0.4, 0.5) is 5.69 Å². The number of anilines is 1. The molecule has 162 valence electrons. The van der Waals surface area contributed by atoms with Gasteiger partial charge in [-0.2, -0.15) is 4.99 Å². The van der Waals surface area contributed by atoms with Crippen LogP contribution in [0.25, 0.3) is 0 Å². The van der Waals surface area contributed by atoms with Crippen LogP contribution in [-0.2, 0) is 9.59 Å². The van der Waals surface area contributed by atoms with Crippen LogP contribution in [0.1, 0.15) is 62.7 Å². The number of benzene rings is 1. The predicted octanol–water partition coefficient (Wildman–Crippen LogP) is 3.42. The van der Waals surface area contributed by atoms with E-state index >= 15 is 0 Å². The Bertz CT molecular complexity index is 816. The summed E-state index contributed by atoms with van der Waals surface area (Å²) in [7, 11) is 0. The quantitative estimate of drug-likeness (QED) is 0.692. The van der Waals surface area contributed by atoms with E-state index in [0.717, 1.165) is 38.8 Å². The molecule has 1 aromatic rings. The van der Waals surface area contributed by atoms with Gasteiger partial charge in [-0.1, -0.05) is 37.1 Å². The molecule has 1 fully saturated rings. The molecule has 0 aromatic heterocycles. The van der Waals surface area contributed by atoms with Gasteiger partial charge in [0.15, 0.2) is 5.17 Å². The maximum absolute atomic E-state index is 12.5. The highest BCUT2D eigenvalue weighted by Crippen LogP contribution is 2.27. The molecule has 1 aliphatic heterocycles. The number of thioether (sulfide) groups is 1. The summed E-state index contributed by atoms with van der Waals surface area (Å²) in [6.07, 6.45) is 5.63. The van der Waals surface area contributed by atoms with Crippen molar-refractivity contribution in [3.63, 3.8) is 0 Å². The van der Waals surface area contributed by atoms with E-state index in [9.17, 15) is 14.4 Å². The van der Waals surface area contributed by atoms with Gasteiger partial charge in [-0.25, -0.2) is 0 Å². The second kappa shape index (κ2) is 10.6. The molecule has 8 heteroatoms. The number of nitrogens with one attached hydrogen (secondary N) is 2. The fourth-order valence-corrected chi connectivity index (χ4v) is 4.97. The van der Waals surface area contributed by atoms with E-state index in [-0.39, 0.29) is 30.2 Å². The zero-order valence-electron chi connectivity index (χ0n) is 17.6. The van der Waals surface area contributed by atoms with Gasteiger partial charge in [0.2, 0.25) is 5.91 Å². The third-order valence-electron chi connectivity index (χ3n) is 5.48. The first-order valence-electron chi connectivity index (χ1n) is 10.7.